The molecule has 3 heterocycles. The van der Waals surface area contributed by atoms with E-state index in [-0.39, 0.29) is 52.4 Å². The van der Waals surface area contributed by atoms with Gasteiger partial charge in [0.1, 0.15) is 28.7 Å². The minimum absolute atomic E-state index is 0.0885. The van der Waals surface area contributed by atoms with Crippen molar-refractivity contribution in [3.63, 3.8) is 0 Å². The van der Waals surface area contributed by atoms with Gasteiger partial charge in [0.05, 0.1) is 41.1 Å². The van der Waals surface area contributed by atoms with Crippen LogP contribution < -0.4 is 15.8 Å². The lowest BCUT2D eigenvalue weighted by atomic mass is 9.93. The first-order valence-corrected chi connectivity index (χ1v) is 15.6. The number of fused-ring (bicyclic) bond motifs is 2. The Morgan fingerprint density at radius 1 is 1.04 bits per heavy atom. The number of ether oxygens (including phenoxy) is 2. The fraction of sp³-hybridized carbons (Fsp3) is 0.306. The molecule has 12 heteroatoms. The van der Waals surface area contributed by atoms with E-state index < -0.39 is 34.7 Å². The molecule has 1 aliphatic carbocycles. The average Bonchev–Trinajstić information content (AvgIpc) is 3.64. The van der Waals surface area contributed by atoms with Crippen molar-refractivity contribution in [3.05, 3.63) is 94.8 Å². The molecule has 0 spiro atoms. The molecular formula is C36H36F3N5O4. The van der Waals surface area contributed by atoms with E-state index in [9.17, 15) is 9.59 Å². The zero-order chi connectivity index (χ0) is 34.3. The van der Waals surface area contributed by atoms with Crippen LogP contribution in [0.4, 0.5) is 13.2 Å². The van der Waals surface area contributed by atoms with Crippen molar-refractivity contribution in [1.82, 2.24) is 19.3 Å². The van der Waals surface area contributed by atoms with E-state index >= 15 is 13.2 Å². The van der Waals surface area contributed by atoms with Gasteiger partial charge in [-0.2, -0.15) is 0 Å². The van der Waals surface area contributed by atoms with Crippen molar-refractivity contribution < 1.29 is 32.2 Å². The summed E-state index contributed by atoms with van der Waals surface area (Å²) in [6.07, 6.45) is 6.71. The number of primary amides is 1. The number of rotatable bonds is 10. The number of carbonyl (C=O) groups excluding carboxylic acids is 2. The number of nitrogens with two attached hydrogens (primary N) is 1. The third kappa shape index (κ3) is 5.86. The van der Waals surface area contributed by atoms with Crippen LogP contribution in [0.25, 0.3) is 33.3 Å². The zero-order valence-corrected chi connectivity index (χ0v) is 27.1. The number of aryl methyl sites for hydroxylation is 2. The van der Waals surface area contributed by atoms with Crippen LogP contribution in [0.2, 0.25) is 0 Å². The van der Waals surface area contributed by atoms with E-state index in [0.717, 1.165) is 37.8 Å². The molecule has 1 fully saturated rings. The number of aromatic nitrogens is 3. The Morgan fingerprint density at radius 2 is 1.75 bits per heavy atom. The molecule has 48 heavy (non-hydrogen) atoms. The van der Waals surface area contributed by atoms with Gasteiger partial charge >= 0.3 is 0 Å². The monoisotopic (exact) mass is 659 g/mol. The second-order valence-electron chi connectivity index (χ2n) is 12.0. The first-order chi connectivity index (χ1) is 23.0. The lowest BCUT2D eigenvalue weighted by molar-refractivity contribution is -0.112. The Balaban J connectivity index is 1.31. The molecular weight excluding hydrogens is 623 g/mol. The van der Waals surface area contributed by atoms with Crippen molar-refractivity contribution in [2.75, 3.05) is 20.8 Å². The van der Waals surface area contributed by atoms with E-state index in [1.807, 2.05) is 0 Å². The molecule has 6 rings (SSSR count). The molecule has 3 N–H and O–H groups in total. The second-order valence-corrected chi connectivity index (χ2v) is 12.0. The minimum Gasteiger partial charge on any atom is -0.496 e. The molecule has 0 unspecified atom stereocenters. The van der Waals surface area contributed by atoms with Crippen LogP contribution >= 0.6 is 0 Å². The van der Waals surface area contributed by atoms with Crippen LogP contribution in [0.3, 0.4) is 0 Å². The first kappa shape index (κ1) is 33.0. The number of ketones is 1. The van der Waals surface area contributed by atoms with Crippen molar-refractivity contribution in [3.8, 4) is 16.9 Å². The first-order valence-electron chi connectivity index (χ1n) is 15.6. The molecule has 1 saturated carbocycles. The summed E-state index contributed by atoms with van der Waals surface area (Å²) in [6, 6.07) is 10.1. The smallest absolute Gasteiger partial charge is 0.249 e. The lowest BCUT2D eigenvalue weighted by Gasteiger charge is -2.28. The van der Waals surface area contributed by atoms with E-state index in [1.165, 1.54) is 23.7 Å². The number of hydrogen-bond donors (Lipinski definition) is 2. The van der Waals surface area contributed by atoms with Crippen molar-refractivity contribution in [2.24, 2.45) is 12.8 Å². The standard InChI is InChI=1S/C36H36F3N5O4/c1-19-42-34-29(43(19)2)18-30(48-4)32(33(34)39)23-6-5-15-44-27(23)11-12-28(44)35(45)20-16-25(37)31(26(38)17-20)24(36(40)46)13-14-41-21-7-9-22(47-3)10-8-21/h5-6,11-13,15-18,21-22,41H,7-10,14H2,1-4H3,(H2,40,46). The predicted molar refractivity (Wildman–Crippen MR) is 176 cm³/mol. The number of nitrogens with zero attached hydrogens (tertiary/aromatic N) is 3. The number of methoxy groups -OCH3 is 2. The maximum atomic E-state index is 16.0. The molecule has 0 aliphatic heterocycles. The average molecular weight is 660 g/mol. The number of carbonyl (C=O) groups is 2. The van der Waals surface area contributed by atoms with Crippen LogP contribution in [-0.2, 0) is 16.6 Å². The molecule has 0 saturated heterocycles. The summed E-state index contributed by atoms with van der Waals surface area (Å²) in [5, 5.41) is 3.29. The molecule has 1 amide bonds. The minimum atomic E-state index is -1.10. The number of amides is 1. The zero-order valence-electron chi connectivity index (χ0n) is 27.1. The maximum absolute atomic E-state index is 16.0. The highest BCUT2D eigenvalue weighted by atomic mass is 19.1. The van der Waals surface area contributed by atoms with Crippen LogP contribution in [0.1, 0.15) is 53.1 Å². The fourth-order valence-corrected chi connectivity index (χ4v) is 6.59. The second kappa shape index (κ2) is 13.3. The quantitative estimate of drug-likeness (QED) is 0.143. The van der Waals surface area contributed by atoms with Gasteiger partial charge in [0.15, 0.2) is 5.82 Å². The van der Waals surface area contributed by atoms with Crippen molar-refractivity contribution in [1.29, 1.82) is 0 Å². The summed E-state index contributed by atoms with van der Waals surface area (Å²) in [7, 11) is 4.91. The van der Waals surface area contributed by atoms with Crippen LogP contribution in [-0.4, -0.2) is 58.6 Å². The van der Waals surface area contributed by atoms with Crippen molar-refractivity contribution in [2.45, 2.75) is 44.8 Å². The molecule has 0 bridgehead atoms. The molecule has 1 aliphatic rings. The predicted octanol–water partition coefficient (Wildman–Crippen LogP) is 5.87. The Kier molecular flexibility index (Phi) is 9.13. The summed E-state index contributed by atoms with van der Waals surface area (Å²) in [5.74, 6) is -3.56. The normalized spacial score (nSPS) is 16.9. The number of halogens is 3. The molecule has 9 nitrogen and oxygen atoms in total. The van der Waals surface area contributed by atoms with Crippen LogP contribution in [0, 0.1) is 24.4 Å². The molecule has 0 atom stereocenters. The number of pyridine rings is 1. The molecule has 5 aromatic rings. The van der Waals surface area contributed by atoms with E-state index in [1.54, 1.807) is 56.1 Å². The van der Waals surface area contributed by atoms with Crippen LogP contribution in [0.15, 0.2) is 54.7 Å². The fourth-order valence-electron chi connectivity index (χ4n) is 6.59. The van der Waals surface area contributed by atoms with Gasteiger partial charge in [-0.1, -0.05) is 12.1 Å². The van der Waals surface area contributed by atoms with Crippen molar-refractivity contribution >= 4 is 33.8 Å². The summed E-state index contributed by atoms with van der Waals surface area (Å²) in [4.78, 5) is 30.4. The van der Waals surface area contributed by atoms with Gasteiger partial charge < -0.3 is 29.5 Å². The van der Waals surface area contributed by atoms with Gasteiger partial charge in [0.2, 0.25) is 11.7 Å². The molecule has 0 radical (unpaired) electrons. The number of benzene rings is 2. The van der Waals surface area contributed by atoms with Gasteiger partial charge in [-0.25, -0.2) is 18.2 Å². The Labute approximate surface area is 275 Å². The molecule has 250 valence electrons. The largest absolute Gasteiger partial charge is 0.496 e. The Hall–Kier alpha value is -4.94. The topological polar surface area (TPSA) is 113 Å². The Bertz CT molecular complexity index is 2070. The highest BCUT2D eigenvalue weighted by molar-refractivity contribution is 6.19. The van der Waals surface area contributed by atoms with Crippen LogP contribution in [0.5, 0.6) is 5.75 Å². The van der Waals surface area contributed by atoms with Gasteiger partial charge in [-0.15, -0.1) is 0 Å². The SMILES string of the molecule is COc1cc2c(nc(C)n2C)c(F)c1-c1cccn2c(C(=O)c3cc(F)c(C(=CCNC4CCC(OC)CC4)C(N)=O)c(F)c3)ccc12. The highest BCUT2D eigenvalue weighted by Crippen LogP contribution is 2.40. The van der Waals surface area contributed by atoms with E-state index in [0.29, 0.717) is 22.4 Å². The summed E-state index contributed by atoms with van der Waals surface area (Å²) in [5.41, 5.74) is 6.22. The lowest BCUT2D eigenvalue weighted by Crippen LogP contribution is -2.35. The number of nitrogens with one attached hydrogen (secondary N) is 1. The third-order valence-electron chi connectivity index (χ3n) is 9.28. The molecule has 3 aromatic heterocycles. The maximum Gasteiger partial charge on any atom is 0.249 e. The van der Waals surface area contributed by atoms with Gasteiger partial charge in [0, 0.05) is 55.7 Å². The van der Waals surface area contributed by atoms with Gasteiger partial charge in [-0.3, -0.25) is 9.59 Å². The molecule has 2 aromatic carbocycles. The van der Waals surface area contributed by atoms with Gasteiger partial charge in [0.25, 0.3) is 0 Å². The summed E-state index contributed by atoms with van der Waals surface area (Å²) >= 11 is 0. The third-order valence-corrected chi connectivity index (χ3v) is 9.28. The van der Waals surface area contributed by atoms with Gasteiger partial charge in [-0.05, 0) is 62.9 Å². The number of imidazole rings is 1. The van der Waals surface area contributed by atoms with E-state index in [4.69, 9.17) is 15.2 Å². The highest BCUT2D eigenvalue weighted by Gasteiger charge is 2.26. The Morgan fingerprint density at radius 3 is 2.40 bits per heavy atom. The summed E-state index contributed by atoms with van der Waals surface area (Å²) in [6.45, 7) is 1.95. The summed E-state index contributed by atoms with van der Waals surface area (Å²) < 4.78 is 61.3. The number of hydrogen-bond acceptors (Lipinski definition) is 6. The van der Waals surface area contributed by atoms with E-state index in [2.05, 4.69) is 10.3 Å².